The lowest BCUT2D eigenvalue weighted by Crippen LogP contribution is -2.38. The minimum absolute atomic E-state index is 0.169. The van der Waals surface area contributed by atoms with Crippen LogP contribution >= 0.6 is 0 Å². The lowest BCUT2D eigenvalue weighted by Gasteiger charge is -2.22. The first-order valence-electron chi connectivity index (χ1n) is 6.37. The number of rotatable bonds is 4. The van der Waals surface area contributed by atoms with Gasteiger partial charge in [-0.2, -0.15) is 0 Å². The first-order valence-corrected chi connectivity index (χ1v) is 6.37. The molecule has 1 aliphatic rings. The van der Waals surface area contributed by atoms with Crippen molar-refractivity contribution in [3.8, 4) is 0 Å². The first kappa shape index (κ1) is 14.2. The van der Waals surface area contributed by atoms with E-state index >= 15 is 0 Å². The van der Waals surface area contributed by atoms with E-state index in [9.17, 15) is 9.90 Å². The van der Waals surface area contributed by atoms with E-state index in [-0.39, 0.29) is 31.8 Å². The summed E-state index contributed by atoms with van der Waals surface area (Å²) in [5.74, 6) is 0. The molecule has 7 heteroatoms. The zero-order valence-corrected chi connectivity index (χ0v) is 10.9. The number of carbonyl (C=O) groups excluding carboxylic acids is 1. The van der Waals surface area contributed by atoms with Crippen molar-refractivity contribution in [3.05, 3.63) is 46.3 Å². The second-order valence-electron chi connectivity index (χ2n) is 4.62. The number of benzene rings is 1. The van der Waals surface area contributed by atoms with Crippen molar-refractivity contribution in [3.63, 3.8) is 0 Å². The summed E-state index contributed by atoms with van der Waals surface area (Å²) in [6.45, 7) is 0.293. The zero-order chi connectivity index (χ0) is 14.4. The molecule has 2 atom stereocenters. The molecular weight excluding hydrogens is 260 g/mol. The van der Waals surface area contributed by atoms with Gasteiger partial charge in [-0.15, -0.1) is 0 Å². The maximum Gasteiger partial charge on any atom is 0.410 e. The van der Waals surface area contributed by atoms with Crippen molar-refractivity contribution in [1.82, 2.24) is 4.90 Å². The van der Waals surface area contributed by atoms with Gasteiger partial charge in [-0.05, 0) is 17.5 Å². The topological polar surface area (TPSA) is 98.5 Å². The van der Waals surface area contributed by atoms with Crippen molar-refractivity contribution in [2.45, 2.75) is 25.1 Å². The monoisotopic (exact) mass is 276 g/mol. The standard InChI is InChI=1S/C13H16N4O3/c14-16-15-11-6-12(8-18)17(7-11)13(19)20-9-10-4-2-1-3-5-10/h1-5,11-12,18H,6-9H2/t11-,12-/m1/s1. The summed E-state index contributed by atoms with van der Waals surface area (Å²) in [4.78, 5) is 16.2. The molecule has 1 fully saturated rings. The highest BCUT2D eigenvalue weighted by Crippen LogP contribution is 2.21. The average Bonchev–Trinajstić information content (AvgIpc) is 2.89. The van der Waals surface area contributed by atoms with Crippen molar-refractivity contribution in [2.75, 3.05) is 13.2 Å². The van der Waals surface area contributed by atoms with E-state index in [0.717, 1.165) is 5.56 Å². The van der Waals surface area contributed by atoms with E-state index in [2.05, 4.69) is 10.0 Å². The molecule has 106 valence electrons. The fraction of sp³-hybridized carbons (Fsp3) is 0.462. The number of ether oxygens (including phenoxy) is 1. The van der Waals surface area contributed by atoms with Crippen LogP contribution in [-0.2, 0) is 11.3 Å². The number of amides is 1. The van der Waals surface area contributed by atoms with E-state index in [1.807, 2.05) is 30.3 Å². The quantitative estimate of drug-likeness (QED) is 0.517. The van der Waals surface area contributed by atoms with Gasteiger partial charge in [0.05, 0.1) is 18.7 Å². The predicted octanol–water partition coefficient (Wildman–Crippen LogP) is 2.07. The first-order chi connectivity index (χ1) is 9.74. The SMILES string of the molecule is [N-]=[N+]=N[C@@H]1C[C@H](CO)N(C(=O)OCc2ccccc2)C1. The molecule has 1 aromatic carbocycles. The summed E-state index contributed by atoms with van der Waals surface area (Å²) in [5, 5.41) is 12.9. The molecule has 0 radical (unpaired) electrons. The number of hydrogen-bond donors (Lipinski definition) is 1. The molecule has 0 saturated carbocycles. The Morgan fingerprint density at radius 1 is 1.50 bits per heavy atom. The summed E-state index contributed by atoms with van der Waals surface area (Å²) in [6, 6.07) is 8.70. The van der Waals surface area contributed by atoms with Crippen LogP contribution in [0.1, 0.15) is 12.0 Å². The Morgan fingerprint density at radius 3 is 2.90 bits per heavy atom. The van der Waals surface area contributed by atoms with Gasteiger partial charge in [0.25, 0.3) is 0 Å². The molecule has 0 bridgehead atoms. The normalized spacial score (nSPS) is 21.4. The Hall–Kier alpha value is -2.24. The van der Waals surface area contributed by atoms with E-state index in [1.165, 1.54) is 4.90 Å². The molecule has 1 N–H and O–H groups in total. The number of carbonyl (C=O) groups is 1. The smallest absolute Gasteiger partial charge is 0.410 e. The summed E-state index contributed by atoms with van der Waals surface area (Å²) in [5.41, 5.74) is 9.32. The van der Waals surface area contributed by atoms with Gasteiger partial charge >= 0.3 is 6.09 Å². The number of nitrogens with zero attached hydrogens (tertiary/aromatic N) is 4. The predicted molar refractivity (Wildman–Crippen MR) is 71.8 cm³/mol. The van der Waals surface area contributed by atoms with Gasteiger partial charge in [0.1, 0.15) is 6.61 Å². The van der Waals surface area contributed by atoms with Crippen LogP contribution in [0.4, 0.5) is 4.79 Å². The average molecular weight is 276 g/mol. The van der Waals surface area contributed by atoms with E-state index in [4.69, 9.17) is 10.3 Å². The molecule has 1 amide bonds. The van der Waals surface area contributed by atoms with Crippen LogP contribution in [-0.4, -0.2) is 41.3 Å². The number of azide groups is 1. The number of aliphatic hydroxyl groups excluding tert-OH is 1. The Balaban J connectivity index is 1.92. The molecule has 1 saturated heterocycles. The van der Waals surface area contributed by atoms with Crippen LogP contribution in [0.15, 0.2) is 35.4 Å². The molecular formula is C13H16N4O3. The lowest BCUT2D eigenvalue weighted by atomic mass is 10.2. The van der Waals surface area contributed by atoms with E-state index in [0.29, 0.717) is 6.42 Å². The highest BCUT2D eigenvalue weighted by molar-refractivity contribution is 5.68. The number of aliphatic hydroxyl groups is 1. The molecule has 1 aromatic rings. The Labute approximate surface area is 116 Å². The Bertz CT molecular complexity index is 502. The highest BCUT2D eigenvalue weighted by Gasteiger charge is 2.35. The highest BCUT2D eigenvalue weighted by atomic mass is 16.6. The van der Waals surface area contributed by atoms with Crippen molar-refractivity contribution in [1.29, 1.82) is 0 Å². The maximum atomic E-state index is 12.0. The molecule has 0 spiro atoms. The summed E-state index contributed by atoms with van der Waals surface area (Å²) in [7, 11) is 0. The zero-order valence-electron chi connectivity index (χ0n) is 10.9. The van der Waals surface area contributed by atoms with Crippen molar-refractivity contribution in [2.24, 2.45) is 5.11 Å². The molecule has 7 nitrogen and oxygen atoms in total. The minimum Gasteiger partial charge on any atom is -0.445 e. The van der Waals surface area contributed by atoms with Crippen LogP contribution in [0, 0.1) is 0 Å². The molecule has 1 heterocycles. The lowest BCUT2D eigenvalue weighted by molar-refractivity contribution is 0.0794. The van der Waals surface area contributed by atoms with Crippen LogP contribution in [0.2, 0.25) is 0 Å². The van der Waals surface area contributed by atoms with Gasteiger partial charge in [-0.3, -0.25) is 0 Å². The van der Waals surface area contributed by atoms with Gasteiger partial charge in [0, 0.05) is 11.5 Å². The maximum absolute atomic E-state index is 12.0. The van der Waals surface area contributed by atoms with Crippen LogP contribution < -0.4 is 0 Å². The van der Waals surface area contributed by atoms with Crippen molar-refractivity contribution < 1.29 is 14.6 Å². The third kappa shape index (κ3) is 3.40. The second-order valence-corrected chi connectivity index (χ2v) is 4.62. The molecule has 0 unspecified atom stereocenters. The fourth-order valence-electron chi connectivity index (χ4n) is 2.25. The van der Waals surface area contributed by atoms with Crippen molar-refractivity contribution >= 4 is 6.09 Å². The van der Waals surface area contributed by atoms with Crippen LogP contribution in [0.5, 0.6) is 0 Å². The van der Waals surface area contributed by atoms with Crippen LogP contribution in [0.25, 0.3) is 10.4 Å². The van der Waals surface area contributed by atoms with Gasteiger partial charge in [-0.25, -0.2) is 4.79 Å². The molecule has 2 rings (SSSR count). The van der Waals surface area contributed by atoms with Crippen LogP contribution in [0.3, 0.4) is 0 Å². The summed E-state index contributed by atoms with van der Waals surface area (Å²) in [6.07, 6.45) is -0.0374. The Kier molecular flexibility index (Phi) is 4.81. The molecule has 1 aliphatic heterocycles. The number of hydrogen-bond acceptors (Lipinski definition) is 4. The summed E-state index contributed by atoms with van der Waals surface area (Å²) >= 11 is 0. The molecule has 0 aromatic heterocycles. The molecule has 20 heavy (non-hydrogen) atoms. The minimum atomic E-state index is -0.497. The molecule has 0 aliphatic carbocycles. The van der Waals surface area contributed by atoms with E-state index in [1.54, 1.807) is 0 Å². The number of likely N-dealkylation sites (tertiary alicyclic amines) is 1. The fourth-order valence-corrected chi connectivity index (χ4v) is 2.25. The van der Waals surface area contributed by atoms with Gasteiger partial charge in [0.15, 0.2) is 0 Å². The van der Waals surface area contributed by atoms with E-state index < -0.39 is 6.09 Å². The third-order valence-electron chi connectivity index (χ3n) is 3.26. The van der Waals surface area contributed by atoms with Gasteiger partial charge in [0.2, 0.25) is 0 Å². The Morgan fingerprint density at radius 2 is 2.25 bits per heavy atom. The largest absolute Gasteiger partial charge is 0.445 e. The van der Waals surface area contributed by atoms with Gasteiger partial charge < -0.3 is 14.7 Å². The van der Waals surface area contributed by atoms with Gasteiger partial charge in [-0.1, -0.05) is 35.4 Å². The summed E-state index contributed by atoms with van der Waals surface area (Å²) < 4.78 is 5.21. The second kappa shape index (κ2) is 6.79. The third-order valence-corrected chi connectivity index (χ3v) is 3.26.